The second kappa shape index (κ2) is 2.53. The Hall–Kier alpha value is -1.65. The molecule has 5 heteroatoms. The first kappa shape index (κ1) is 6.09. The molecule has 0 saturated carbocycles. The lowest BCUT2D eigenvalue weighted by Gasteiger charge is -2.24. The number of hydrogen-bond donors (Lipinski definition) is 0. The van der Waals surface area contributed by atoms with Gasteiger partial charge in [0.1, 0.15) is 0 Å². The van der Waals surface area contributed by atoms with E-state index < -0.39 is 0 Å². The van der Waals surface area contributed by atoms with Gasteiger partial charge in [-0.1, -0.05) is 12.2 Å². The lowest BCUT2D eigenvalue weighted by molar-refractivity contribution is 0.0272. The number of hydrazine groups is 1. The average Bonchev–Trinajstić information content (AvgIpc) is 2.28. The molecule has 0 unspecified atom stereocenters. The summed E-state index contributed by atoms with van der Waals surface area (Å²) in [5.74, 6) is 0. The molecule has 0 aromatic rings. The van der Waals surface area contributed by atoms with Gasteiger partial charge in [0, 0.05) is 0 Å². The van der Waals surface area contributed by atoms with Crippen molar-refractivity contribution in [2.45, 2.75) is 0 Å². The zero-order valence-electron chi connectivity index (χ0n) is 5.83. The van der Waals surface area contributed by atoms with E-state index in [0.29, 0.717) is 0 Å². The topological polar surface area (TPSA) is 43.6 Å². The molecule has 2 aliphatic rings. The van der Waals surface area contributed by atoms with Crippen LogP contribution in [0.3, 0.4) is 0 Å². The predicted octanol–water partition coefficient (Wildman–Crippen LogP) is 0.913. The maximum absolute atomic E-state index is 3.98. The highest BCUT2D eigenvalue weighted by atomic mass is 15.9. The Morgan fingerprint density at radius 3 is 3.27 bits per heavy atom. The lowest BCUT2D eigenvalue weighted by atomic mass is 10.5. The smallest absolute Gasteiger partial charge is 0.162 e. The molecule has 0 aromatic heterocycles. The number of rotatable bonds is 0. The monoisotopic (exact) mass is 149 g/mol. The third-order valence-electron chi connectivity index (χ3n) is 1.35. The Morgan fingerprint density at radius 2 is 2.27 bits per heavy atom. The van der Waals surface area contributed by atoms with Crippen molar-refractivity contribution in [1.29, 1.82) is 0 Å². The summed E-state index contributed by atoms with van der Waals surface area (Å²) in [7, 11) is 0. The van der Waals surface area contributed by atoms with Crippen LogP contribution >= 0.6 is 0 Å². The normalized spacial score (nSPS) is 20.4. The van der Waals surface area contributed by atoms with Crippen molar-refractivity contribution >= 4 is 6.34 Å². The largest absolute Gasteiger partial charge is 0.178 e. The van der Waals surface area contributed by atoms with Crippen molar-refractivity contribution in [2.24, 2.45) is 15.4 Å². The number of hydrazone groups is 1. The molecule has 11 heavy (non-hydrogen) atoms. The maximum Gasteiger partial charge on any atom is 0.162 e. The molecule has 5 nitrogen and oxygen atoms in total. The van der Waals surface area contributed by atoms with Gasteiger partial charge in [-0.25, -0.2) is 0 Å². The molecule has 0 saturated heterocycles. The van der Waals surface area contributed by atoms with E-state index in [0.717, 1.165) is 6.54 Å². The van der Waals surface area contributed by atoms with Crippen LogP contribution < -0.4 is 0 Å². The third kappa shape index (κ3) is 1.12. The highest BCUT2D eigenvalue weighted by Gasteiger charge is 2.09. The summed E-state index contributed by atoms with van der Waals surface area (Å²) in [6.45, 7) is 0.725. The number of nitrogens with zero attached hydrogens (tertiary/aromatic N) is 5. The van der Waals surface area contributed by atoms with Gasteiger partial charge in [0.15, 0.2) is 6.34 Å². The van der Waals surface area contributed by atoms with E-state index in [1.54, 1.807) is 16.4 Å². The maximum atomic E-state index is 3.98. The fourth-order valence-corrected chi connectivity index (χ4v) is 0.856. The van der Waals surface area contributed by atoms with Gasteiger partial charge in [-0.15, -0.1) is 15.3 Å². The van der Waals surface area contributed by atoms with Gasteiger partial charge in [-0.05, 0) is 11.3 Å². The van der Waals surface area contributed by atoms with Gasteiger partial charge in [0.05, 0.1) is 12.7 Å². The van der Waals surface area contributed by atoms with Crippen LogP contribution in [-0.2, 0) is 0 Å². The molecule has 0 aromatic carbocycles. The highest BCUT2D eigenvalue weighted by molar-refractivity contribution is 5.54. The van der Waals surface area contributed by atoms with Crippen molar-refractivity contribution in [1.82, 2.24) is 10.2 Å². The van der Waals surface area contributed by atoms with Gasteiger partial charge in [-0.2, -0.15) is 5.12 Å². The van der Waals surface area contributed by atoms with E-state index in [2.05, 4.69) is 15.4 Å². The van der Waals surface area contributed by atoms with Gasteiger partial charge in [0.2, 0.25) is 0 Å². The first-order valence-electron chi connectivity index (χ1n) is 3.30. The van der Waals surface area contributed by atoms with Crippen molar-refractivity contribution in [2.75, 3.05) is 6.54 Å². The van der Waals surface area contributed by atoms with Crippen molar-refractivity contribution < 1.29 is 0 Å². The van der Waals surface area contributed by atoms with Crippen molar-refractivity contribution in [3.8, 4) is 0 Å². The van der Waals surface area contributed by atoms with Gasteiger partial charge >= 0.3 is 0 Å². The highest BCUT2D eigenvalue weighted by Crippen LogP contribution is 2.07. The Labute approximate surface area is 63.9 Å². The zero-order chi connectivity index (χ0) is 7.52. The number of allylic oxidation sites excluding steroid dienone is 2. The van der Waals surface area contributed by atoms with Crippen molar-refractivity contribution in [3.05, 3.63) is 24.4 Å². The summed E-state index contributed by atoms with van der Waals surface area (Å²) < 4.78 is 0. The molecule has 2 heterocycles. The third-order valence-corrected chi connectivity index (χ3v) is 1.35. The van der Waals surface area contributed by atoms with E-state index in [1.807, 2.05) is 18.2 Å². The van der Waals surface area contributed by atoms with Crippen molar-refractivity contribution in [3.63, 3.8) is 0 Å². The molecule has 0 radical (unpaired) electrons. The van der Waals surface area contributed by atoms with Gasteiger partial charge < -0.3 is 0 Å². The number of fused-ring (bicyclic) bond motifs is 1. The summed E-state index contributed by atoms with van der Waals surface area (Å²) in [6, 6.07) is 0. The van der Waals surface area contributed by atoms with Gasteiger partial charge in [-0.3, -0.25) is 0 Å². The molecular formula is C6H7N5. The van der Waals surface area contributed by atoms with E-state index >= 15 is 0 Å². The molecular weight excluding hydrogens is 142 g/mol. The Morgan fingerprint density at radius 1 is 1.27 bits per heavy atom. The van der Waals surface area contributed by atoms with Crippen LogP contribution in [0.2, 0.25) is 0 Å². The fraction of sp³-hybridized carbons (Fsp3) is 0.167. The Kier molecular flexibility index (Phi) is 1.40. The van der Waals surface area contributed by atoms with E-state index in [-0.39, 0.29) is 0 Å². The molecule has 0 spiro atoms. The first-order chi connectivity index (χ1) is 5.47. The fourth-order valence-electron chi connectivity index (χ4n) is 0.856. The minimum atomic E-state index is 0.725. The first-order valence-corrected chi connectivity index (χ1v) is 3.30. The summed E-state index contributed by atoms with van der Waals surface area (Å²) in [5.41, 5.74) is 0. The summed E-state index contributed by atoms with van der Waals surface area (Å²) in [6.07, 6.45) is 9.05. The Bertz CT molecular complexity index is 252. The van der Waals surface area contributed by atoms with E-state index in [1.165, 1.54) is 6.34 Å². The van der Waals surface area contributed by atoms with Crippen LogP contribution in [0.4, 0.5) is 0 Å². The molecule has 0 N–H and O–H groups in total. The standard InChI is InChI=1S/C6H7N5/c1-2-4-10-8-6-7-9-11(10)5-3-1/h1-3,5-6H,4H2. The SMILES string of the molecule is C1=CCN2N=CN=NN2C=C1. The molecule has 0 amide bonds. The van der Waals surface area contributed by atoms with E-state index in [9.17, 15) is 0 Å². The van der Waals surface area contributed by atoms with E-state index in [4.69, 9.17) is 0 Å². The van der Waals surface area contributed by atoms with Crippen LogP contribution in [0.1, 0.15) is 0 Å². The van der Waals surface area contributed by atoms with Crippen LogP contribution in [-0.4, -0.2) is 23.1 Å². The van der Waals surface area contributed by atoms with Crippen LogP contribution in [0.15, 0.2) is 39.9 Å². The molecule has 2 rings (SSSR count). The Balaban J connectivity index is 2.23. The number of hydrogen-bond acceptors (Lipinski definition) is 5. The quantitative estimate of drug-likeness (QED) is 0.513. The second-order valence-electron chi connectivity index (χ2n) is 2.08. The average molecular weight is 149 g/mol. The molecule has 0 aliphatic carbocycles. The summed E-state index contributed by atoms with van der Waals surface area (Å²) in [5, 5.41) is 14.7. The van der Waals surface area contributed by atoms with Crippen LogP contribution in [0, 0.1) is 0 Å². The molecule has 0 atom stereocenters. The van der Waals surface area contributed by atoms with Crippen LogP contribution in [0.5, 0.6) is 0 Å². The zero-order valence-corrected chi connectivity index (χ0v) is 5.83. The molecule has 2 aliphatic heterocycles. The summed E-state index contributed by atoms with van der Waals surface area (Å²) >= 11 is 0. The van der Waals surface area contributed by atoms with Crippen LogP contribution in [0.25, 0.3) is 0 Å². The minimum Gasteiger partial charge on any atom is -0.178 e. The predicted molar refractivity (Wildman–Crippen MR) is 40.2 cm³/mol. The summed E-state index contributed by atoms with van der Waals surface area (Å²) in [4.78, 5) is 0. The molecule has 0 fully saturated rings. The molecule has 0 bridgehead atoms. The minimum absolute atomic E-state index is 0.725. The van der Waals surface area contributed by atoms with Gasteiger partial charge in [0.25, 0.3) is 0 Å². The molecule has 56 valence electrons. The lowest BCUT2D eigenvalue weighted by Crippen LogP contribution is -2.31. The second-order valence-corrected chi connectivity index (χ2v) is 2.08.